The lowest BCUT2D eigenvalue weighted by atomic mass is 9.98. The van der Waals surface area contributed by atoms with Crippen LogP contribution in [0, 0.1) is 0 Å². The molecule has 0 aliphatic carbocycles. The zero-order valence-corrected chi connectivity index (χ0v) is 15.0. The maximum absolute atomic E-state index is 11.9. The van der Waals surface area contributed by atoms with E-state index in [0.717, 1.165) is 6.20 Å². The van der Waals surface area contributed by atoms with Crippen LogP contribution in [-0.2, 0) is 9.47 Å². The number of hydrogen-bond acceptors (Lipinski definition) is 13. The molecule has 0 radical (unpaired) electrons. The van der Waals surface area contributed by atoms with E-state index in [2.05, 4.69) is 19.9 Å². The van der Waals surface area contributed by atoms with E-state index in [4.69, 9.17) is 20.9 Å². The van der Waals surface area contributed by atoms with E-state index in [-0.39, 0.29) is 22.8 Å². The Hall–Kier alpha value is -2.30. The second-order valence-electron chi connectivity index (χ2n) is 6.55. The Morgan fingerprint density at radius 3 is 2.69 bits per heavy atom. The second-order valence-corrected chi connectivity index (χ2v) is 6.55. The summed E-state index contributed by atoms with van der Waals surface area (Å²) < 4.78 is 10.6. The first-order valence-corrected chi connectivity index (χ1v) is 8.61. The molecule has 2 aromatic rings. The van der Waals surface area contributed by atoms with Crippen LogP contribution < -0.4 is 17.0 Å². The van der Waals surface area contributed by atoms with Crippen LogP contribution in [0.25, 0.3) is 11.2 Å². The largest absolute Gasteiger partial charge is 0.394 e. The number of rotatable bonds is 6. The summed E-state index contributed by atoms with van der Waals surface area (Å²) in [6, 6.07) is -1.16. The number of H-pyrrole nitrogens is 1. The van der Waals surface area contributed by atoms with Crippen molar-refractivity contribution in [2.75, 3.05) is 18.9 Å². The molecule has 2 aromatic heterocycles. The topological polar surface area (TPSA) is 243 Å². The number of fused-ring (bicyclic) bond motifs is 1. The first-order chi connectivity index (χ1) is 13.7. The molecule has 0 aromatic carbocycles. The third-order valence-electron chi connectivity index (χ3n) is 4.48. The van der Waals surface area contributed by atoms with Crippen molar-refractivity contribution in [1.29, 1.82) is 0 Å². The third kappa shape index (κ3) is 4.34. The molecule has 1 aliphatic rings. The summed E-state index contributed by atoms with van der Waals surface area (Å²) in [5.74, 6) is -0.143. The van der Waals surface area contributed by atoms with Crippen molar-refractivity contribution in [3.8, 4) is 0 Å². The molecule has 3 heterocycles. The summed E-state index contributed by atoms with van der Waals surface area (Å²) in [4.78, 5) is 25.8. The van der Waals surface area contributed by atoms with Gasteiger partial charge in [0.25, 0.3) is 5.56 Å². The van der Waals surface area contributed by atoms with E-state index in [1.54, 1.807) is 0 Å². The smallest absolute Gasteiger partial charge is 0.280 e. The van der Waals surface area contributed by atoms with Gasteiger partial charge in [0.1, 0.15) is 30.5 Å². The van der Waals surface area contributed by atoms with Crippen molar-refractivity contribution in [3.63, 3.8) is 0 Å². The lowest BCUT2D eigenvalue weighted by molar-refractivity contribution is -0.272. The first kappa shape index (κ1) is 21.4. The summed E-state index contributed by atoms with van der Waals surface area (Å²) in [5.41, 5.74) is 10.2. The van der Waals surface area contributed by atoms with Gasteiger partial charge in [0, 0.05) is 0 Å². The second kappa shape index (κ2) is 8.60. The quantitative estimate of drug-likeness (QED) is 0.222. The van der Waals surface area contributed by atoms with E-state index in [1.807, 2.05) is 0 Å². The number of aromatic nitrogens is 4. The van der Waals surface area contributed by atoms with Gasteiger partial charge in [-0.2, -0.15) is 4.98 Å². The minimum Gasteiger partial charge on any atom is -0.394 e. The zero-order chi connectivity index (χ0) is 21.3. The number of anilines is 1. The maximum atomic E-state index is 11.9. The number of aromatic amines is 1. The molecule has 0 amide bonds. The van der Waals surface area contributed by atoms with Crippen molar-refractivity contribution >= 4 is 17.1 Å². The van der Waals surface area contributed by atoms with Gasteiger partial charge in [-0.3, -0.25) is 9.78 Å². The number of nitrogens with zero attached hydrogens (tertiary/aromatic N) is 3. The van der Waals surface area contributed by atoms with Gasteiger partial charge in [-0.1, -0.05) is 0 Å². The molecule has 160 valence electrons. The van der Waals surface area contributed by atoms with Crippen LogP contribution in [0.2, 0.25) is 0 Å². The molecular weight excluding hydrogens is 392 g/mol. The number of nitrogen functional groups attached to an aromatic ring is 1. The van der Waals surface area contributed by atoms with Crippen molar-refractivity contribution < 1.29 is 35.0 Å². The Labute approximate surface area is 162 Å². The highest BCUT2D eigenvalue weighted by molar-refractivity contribution is 5.69. The van der Waals surface area contributed by atoms with Gasteiger partial charge < -0.3 is 46.5 Å². The number of nitrogens with two attached hydrogens (primary N) is 2. The number of hydrogen-bond donors (Lipinski definition) is 8. The van der Waals surface area contributed by atoms with Gasteiger partial charge in [0.05, 0.1) is 31.1 Å². The van der Waals surface area contributed by atoms with E-state index in [9.17, 15) is 30.3 Å². The Morgan fingerprint density at radius 2 is 2.00 bits per heavy atom. The Morgan fingerprint density at radius 1 is 1.28 bits per heavy atom. The van der Waals surface area contributed by atoms with Crippen LogP contribution >= 0.6 is 0 Å². The molecule has 0 unspecified atom stereocenters. The fraction of sp³-hybridized carbons (Fsp3) is 0.600. The molecule has 7 atom stereocenters. The normalized spacial score (nSPS) is 29.7. The fourth-order valence-electron chi connectivity index (χ4n) is 2.83. The molecule has 1 saturated heterocycles. The monoisotopic (exact) mass is 414 g/mol. The minimum absolute atomic E-state index is 0.0305. The molecule has 1 fully saturated rings. The summed E-state index contributed by atoms with van der Waals surface area (Å²) in [5, 5.41) is 49.3. The minimum atomic E-state index is -1.59. The van der Waals surface area contributed by atoms with Gasteiger partial charge in [0.15, 0.2) is 17.5 Å². The van der Waals surface area contributed by atoms with Gasteiger partial charge in [-0.15, -0.1) is 0 Å². The first-order valence-electron chi connectivity index (χ1n) is 8.61. The maximum Gasteiger partial charge on any atom is 0.280 e. The van der Waals surface area contributed by atoms with Crippen LogP contribution in [0.3, 0.4) is 0 Å². The molecule has 0 spiro atoms. The predicted molar refractivity (Wildman–Crippen MR) is 95.0 cm³/mol. The Bertz CT molecular complexity index is 910. The average molecular weight is 414 g/mol. The lowest BCUT2D eigenvalue weighted by Crippen LogP contribution is -2.62. The van der Waals surface area contributed by atoms with Crippen molar-refractivity contribution in [3.05, 3.63) is 22.2 Å². The number of ether oxygens (including phenoxy) is 2. The standard InChI is InChI=1S/C15H22N6O8/c16-7-11(26)10(25)6(2-22)29-14(7)28-3-5(23)9(24)4-1-18-12-8(19-4)13(27)21-15(17)20-12/h1,5-7,9-11,14,22-26H,2-3,16H2,(H3,17,18,20,21,27)/t5-,6-,7-,9+,10-,11-,14+/m1/s1. The Balaban J connectivity index is 1.68. The molecule has 14 heteroatoms. The van der Waals surface area contributed by atoms with Crippen molar-refractivity contribution in [2.24, 2.45) is 5.73 Å². The molecule has 14 nitrogen and oxygen atoms in total. The molecule has 1 aliphatic heterocycles. The number of nitrogens with one attached hydrogen (secondary N) is 1. The molecular formula is C15H22N6O8. The van der Waals surface area contributed by atoms with E-state index in [0.29, 0.717) is 0 Å². The lowest BCUT2D eigenvalue weighted by Gasteiger charge is -2.40. The highest BCUT2D eigenvalue weighted by Crippen LogP contribution is 2.22. The van der Waals surface area contributed by atoms with Crippen LogP contribution in [0.15, 0.2) is 11.0 Å². The van der Waals surface area contributed by atoms with Crippen LogP contribution in [0.4, 0.5) is 5.95 Å². The van der Waals surface area contributed by atoms with Crippen LogP contribution in [-0.4, -0.2) is 95.4 Å². The van der Waals surface area contributed by atoms with Crippen molar-refractivity contribution in [2.45, 2.75) is 42.9 Å². The van der Waals surface area contributed by atoms with E-state index in [1.165, 1.54) is 0 Å². The zero-order valence-electron chi connectivity index (χ0n) is 15.0. The summed E-state index contributed by atoms with van der Waals surface area (Å²) in [7, 11) is 0. The summed E-state index contributed by atoms with van der Waals surface area (Å²) in [6.45, 7) is -1.09. The van der Waals surface area contributed by atoms with Crippen LogP contribution in [0.1, 0.15) is 11.8 Å². The molecule has 0 bridgehead atoms. The SMILES string of the molecule is Nc1nc2ncc([C@H](O)[C@H](O)CO[C@H]3O[C@H](CO)[C@@H](O)[C@H](O)[C@H]3N)nc2c(=O)[nH]1. The Kier molecular flexibility index (Phi) is 6.35. The fourth-order valence-corrected chi connectivity index (χ4v) is 2.83. The van der Waals surface area contributed by atoms with E-state index < -0.39 is 61.6 Å². The number of aliphatic hydroxyl groups excluding tert-OH is 5. The average Bonchev–Trinajstić information content (AvgIpc) is 2.70. The molecule has 10 N–H and O–H groups in total. The predicted octanol–water partition coefficient (Wildman–Crippen LogP) is -4.53. The molecule has 29 heavy (non-hydrogen) atoms. The molecule has 3 rings (SSSR count). The van der Waals surface area contributed by atoms with Gasteiger partial charge in [0.2, 0.25) is 5.95 Å². The molecule has 0 saturated carbocycles. The third-order valence-corrected chi connectivity index (χ3v) is 4.48. The highest BCUT2D eigenvalue weighted by atomic mass is 16.7. The van der Waals surface area contributed by atoms with Crippen molar-refractivity contribution in [1.82, 2.24) is 19.9 Å². The number of aliphatic hydroxyl groups is 5. The van der Waals surface area contributed by atoms with Crippen LogP contribution in [0.5, 0.6) is 0 Å². The highest BCUT2D eigenvalue weighted by Gasteiger charge is 2.43. The van der Waals surface area contributed by atoms with E-state index >= 15 is 0 Å². The summed E-state index contributed by atoms with van der Waals surface area (Å²) >= 11 is 0. The van der Waals surface area contributed by atoms with Gasteiger partial charge in [-0.05, 0) is 0 Å². The van der Waals surface area contributed by atoms with Gasteiger partial charge in [-0.25, -0.2) is 9.97 Å². The van der Waals surface area contributed by atoms with Gasteiger partial charge >= 0.3 is 0 Å². The summed E-state index contributed by atoms with van der Waals surface area (Å²) in [6.07, 6.45) is -7.22.